The molecule has 6 unspecified atom stereocenters. The minimum absolute atomic E-state index is 0.0416. The molecule has 0 bridgehead atoms. The maximum atomic E-state index is 14.8. The molecule has 154 valence electrons. The lowest BCUT2D eigenvalue weighted by Gasteiger charge is -2.44. The Balaban J connectivity index is 1.40. The first-order valence-corrected chi connectivity index (χ1v) is 9.90. The number of hydrazine groups is 1. The Morgan fingerprint density at radius 1 is 1.28 bits per heavy atom. The van der Waals surface area contributed by atoms with Gasteiger partial charge in [-0.25, -0.2) is 15.2 Å². The zero-order valence-electron chi connectivity index (χ0n) is 16.4. The molecule has 0 saturated carbocycles. The smallest absolute Gasteiger partial charge is 0.146 e. The molecule has 5 aliphatic heterocycles. The normalized spacial score (nSPS) is 36.3. The number of fused-ring (bicyclic) bond motifs is 2. The van der Waals surface area contributed by atoms with Crippen molar-refractivity contribution in [3.63, 3.8) is 0 Å². The van der Waals surface area contributed by atoms with Crippen LogP contribution in [0.1, 0.15) is 6.92 Å². The molecule has 1 fully saturated rings. The van der Waals surface area contributed by atoms with Crippen molar-refractivity contribution < 1.29 is 9.50 Å². The Bertz CT molecular complexity index is 863. The van der Waals surface area contributed by atoms with Crippen LogP contribution in [0, 0.1) is 5.92 Å². The number of nitrogens with one attached hydrogen (secondary N) is 3. The Labute approximate surface area is 169 Å². The highest BCUT2D eigenvalue weighted by Crippen LogP contribution is 2.33. The first-order chi connectivity index (χ1) is 14.0. The van der Waals surface area contributed by atoms with E-state index in [0.717, 1.165) is 11.3 Å². The molecule has 9 heteroatoms. The van der Waals surface area contributed by atoms with Crippen molar-refractivity contribution in [2.24, 2.45) is 10.9 Å². The number of allylic oxidation sites excluding steroid dienone is 2. The van der Waals surface area contributed by atoms with E-state index in [9.17, 15) is 9.50 Å². The fourth-order valence-electron chi connectivity index (χ4n) is 4.49. The summed E-state index contributed by atoms with van der Waals surface area (Å²) < 4.78 is 14.8. The third-order valence-corrected chi connectivity index (χ3v) is 6.11. The summed E-state index contributed by atoms with van der Waals surface area (Å²) in [6, 6.07) is -0.171. The maximum Gasteiger partial charge on any atom is 0.146 e. The molecule has 0 spiro atoms. The predicted molar refractivity (Wildman–Crippen MR) is 108 cm³/mol. The molecule has 1 saturated heterocycles. The molecule has 5 aliphatic rings. The van der Waals surface area contributed by atoms with Crippen LogP contribution in [0.25, 0.3) is 0 Å². The van der Waals surface area contributed by atoms with Gasteiger partial charge >= 0.3 is 0 Å². The summed E-state index contributed by atoms with van der Waals surface area (Å²) in [5.41, 5.74) is 7.93. The van der Waals surface area contributed by atoms with Gasteiger partial charge in [0.2, 0.25) is 0 Å². The Morgan fingerprint density at radius 2 is 2.14 bits per heavy atom. The van der Waals surface area contributed by atoms with Crippen molar-refractivity contribution >= 4 is 6.21 Å². The van der Waals surface area contributed by atoms with E-state index in [4.69, 9.17) is 0 Å². The van der Waals surface area contributed by atoms with Crippen LogP contribution in [0.5, 0.6) is 0 Å². The van der Waals surface area contributed by atoms with Gasteiger partial charge < -0.3 is 25.1 Å². The zero-order valence-corrected chi connectivity index (χ0v) is 16.4. The van der Waals surface area contributed by atoms with Gasteiger partial charge in [0.15, 0.2) is 0 Å². The molecule has 8 nitrogen and oxygen atoms in total. The quantitative estimate of drug-likeness (QED) is 0.544. The molecule has 0 radical (unpaired) electrons. The van der Waals surface area contributed by atoms with Gasteiger partial charge in [-0.3, -0.25) is 4.99 Å². The molecule has 6 atom stereocenters. The van der Waals surface area contributed by atoms with Gasteiger partial charge in [0.1, 0.15) is 24.4 Å². The van der Waals surface area contributed by atoms with Gasteiger partial charge in [0.05, 0.1) is 24.4 Å². The number of aliphatic hydroxyl groups excluding tert-OH is 1. The number of dihydropyridines is 1. The van der Waals surface area contributed by atoms with E-state index in [-0.39, 0.29) is 30.0 Å². The lowest BCUT2D eigenvalue weighted by molar-refractivity contribution is -0.0433. The van der Waals surface area contributed by atoms with Crippen LogP contribution in [0.4, 0.5) is 4.39 Å². The van der Waals surface area contributed by atoms with Crippen LogP contribution in [0.3, 0.4) is 0 Å². The second-order valence-electron chi connectivity index (χ2n) is 8.03. The van der Waals surface area contributed by atoms with E-state index in [2.05, 4.69) is 21.2 Å². The molecule has 29 heavy (non-hydrogen) atoms. The van der Waals surface area contributed by atoms with Crippen molar-refractivity contribution in [3.05, 3.63) is 60.0 Å². The van der Waals surface area contributed by atoms with E-state index in [1.165, 1.54) is 0 Å². The number of aliphatic hydroxyl groups is 1. The molecular weight excluding hydrogens is 373 g/mol. The van der Waals surface area contributed by atoms with Gasteiger partial charge in [0, 0.05) is 43.4 Å². The fraction of sp³-hybridized carbons (Fsp3) is 0.450. The highest BCUT2D eigenvalue weighted by molar-refractivity contribution is 5.72. The highest BCUT2D eigenvalue weighted by Gasteiger charge is 2.43. The lowest BCUT2D eigenvalue weighted by Crippen LogP contribution is -2.57. The third kappa shape index (κ3) is 3.06. The molecule has 0 aliphatic carbocycles. The van der Waals surface area contributed by atoms with Crippen molar-refractivity contribution in [2.75, 3.05) is 13.7 Å². The topological polar surface area (TPSA) is 78.4 Å². The molecule has 0 aromatic heterocycles. The van der Waals surface area contributed by atoms with Gasteiger partial charge in [-0.1, -0.05) is 6.08 Å². The fourth-order valence-corrected chi connectivity index (χ4v) is 4.49. The summed E-state index contributed by atoms with van der Waals surface area (Å²) in [7, 11) is 1.97. The number of rotatable bonds is 3. The summed E-state index contributed by atoms with van der Waals surface area (Å²) >= 11 is 0. The summed E-state index contributed by atoms with van der Waals surface area (Å²) in [4.78, 5) is 10.3. The highest BCUT2D eigenvalue weighted by atomic mass is 19.1. The van der Waals surface area contributed by atoms with E-state index in [1.807, 2.05) is 65.5 Å². The third-order valence-electron chi connectivity index (χ3n) is 6.11. The van der Waals surface area contributed by atoms with E-state index in [0.29, 0.717) is 6.67 Å². The van der Waals surface area contributed by atoms with Crippen molar-refractivity contribution in [1.29, 1.82) is 0 Å². The zero-order chi connectivity index (χ0) is 20.1. The van der Waals surface area contributed by atoms with Crippen molar-refractivity contribution in [3.8, 4) is 0 Å². The molecular formula is C20H26FN7O. The summed E-state index contributed by atoms with van der Waals surface area (Å²) in [5.74, 6) is -0.341. The molecule has 5 heterocycles. The van der Waals surface area contributed by atoms with Crippen LogP contribution in [-0.2, 0) is 0 Å². The van der Waals surface area contributed by atoms with E-state index in [1.54, 1.807) is 12.3 Å². The number of hydrogen-bond acceptors (Lipinski definition) is 8. The minimum atomic E-state index is -0.698. The molecule has 0 aromatic carbocycles. The van der Waals surface area contributed by atoms with Gasteiger partial charge in [-0.15, -0.1) is 0 Å². The average Bonchev–Trinajstić information content (AvgIpc) is 3.34. The number of hydrogen-bond donors (Lipinski definition) is 4. The van der Waals surface area contributed by atoms with Crippen molar-refractivity contribution in [1.82, 2.24) is 30.9 Å². The monoisotopic (exact) mass is 399 g/mol. The Kier molecular flexibility index (Phi) is 4.45. The van der Waals surface area contributed by atoms with Crippen LogP contribution in [0.15, 0.2) is 65.0 Å². The summed E-state index contributed by atoms with van der Waals surface area (Å²) in [6.07, 6.45) is 13.5. The SMILES string of the molecule is CC(C1NNC2C(F)=CC(C3=CN(C)CN3)=CN21)N1C=CC2N=CC=CC2C1O. The Morgan fingerprint density at radius 3 is 2.93 bits per heavy atom. The minimum Gasteiger partial charge on any atom is -0.373 e. The molecule has 4 N–H and O–H groups in total. The largest absolute Gasteiger partial charge is 0.373 e. The molecule has 0 amide bonds. The van der Waals surface area contributed by atoms with Crippen LogP contribution < -0.4 is 16.2 Å². The first-order valence-electron chi connectivity index (χ1n) is 9.90. The van der Waals surface area contributed by atoms with Gasteiger partial charge in [0.25, 0.3) is 0 Å². The second-order valence-corrected chi connectivity index (χ2v) is 8.03. The maximum absolute atomic E-state index is 14.8. The second kappa shape index (κ2) is 7.01. The van der Waals surface area contributed by atoms with E-state index < -0.39 is 12.4 Å². The molecule has 0 aromatic rings. The van der Waals surface area contributed by atoms with Crippen LogP contribution >= 0.6 is 0 Å². The number of aliphatic imine (C=N–C) groups is 1. The number of nitrogens with zero attached hydrogens (tertiary/aromatic N) is 4. The van der Waals surface area contributed by atoms with Gasteiger partial charge in [-0.2, -0.15) is 0 Å². The molecule has 5 rings (SSSR count). The van der Waals surface area contributed by atoms with Crippen LogP contribution in [0.2, 0.25) is 0 Å². The average molecular weight is 399 g/mol. The van der Waals surface area contributed by atoms with E-state index >= 15 is 0 Å². The van der Waals surface area contributed by atoms with Crippen molar-refractivity contribution in [2.45, 2.75) is 37.6 Å². The summed E-state index contributed by atoms with van der Waals surface area (Å²) in [6.45, 7) is 2.72. The standard InChI is InChI=1S/C20H26FN7O/c1-12(27-7-5-16-14(20(27)29)4-3-6-22-16)18-24-25-19-15(21)8-13(9-28(18)19)17-10-26(2)11-23-17/h3-10,12,14,16,18-20,23-25,29H,11H2,1-2H3. The van der Waals surface area contributed by atoms with Crippen LogP contribution in [-0.4, -0.2) is 70.4 Å². The Hall–Kier alpha value is -2.62. The summed E-state index contributed by atoms with van der Waals surface area (Å²) in [5, 5.41) is 14.2. The lowest BCUT2D eigenvalue weighted by atomic mass is 9.91. The predicted octanol–water partition coefficient (Wildman–Crippen LogP) is 0.295. The number of halogens is 1. The first kappa shape index (κ1) is 18.4. The van der Waals surface area contributed by atoms with Gasteiger partial charge in [-0.05, 0) is 25.2 Å².